The van der Waals surface area contributed by atoms with Gasteiger partial charge in [0.25, 0.3) is 5.91 Å². The van der Waals surface area contributed by atoms with E-state index < -0.39 is 11.6 Å². The molecule has 4 rings (SSSR count). The van der Waals surface area contributed by atoms with Gasteiger partial charge in [0, 0.05) is 25.4 Å². The van der Waals surface area contributed by atoms with Crippen LogP contribution in [0.25, 0.3) is 0 Å². The quantitative estimate of drug-likeness (QED) is 0.723. The predicted molar refractivity (Wildman–Crippen MR) is 115 cm³/mol. The molecular weight excluding hydrogens is 394 g/mol. The molecule has 0 unspecified atom stereocenters. The molecule has 1 aromatic heterocycles. The van der Waals surface area contributed by atoms with Crippen LogP contribution in [0.5, 0.6) is 0 Å². The lowest BCUT2D eigenvalue weighted by molar-refractivity contribution is -0.140. The molecule has 2 aromatic rings. The van der Waals surface area contributed by atoms with E-state index in [4.69, 9.17) is 0 Å². The molecule has 2 heterocycles. The van der Waals surface area contributed by atoms with Gasteiger partial charge in [-0.05, 0) is 24.3 Å². The van der Waals surface area contributed by atoms with Crippen molar-refractivity contribution in [2.45, 2.75) is 51.2 Å². The van der Waals surface area contributed by atoms with E-state index in [0.29, 0.717) is 19.5 Å². The molecule has 4 amide bonds. The first-order valence-corrected chi connectivity index (χ1v) is 10.8. The van der Waals surface area contributed by atoms with Gasteiger partial charge in [-0.2, -0.15) is 5.10 Å². The van der Waals surface area contributed by atoms with Gasteiger partial charge < -0.3 is 10.2 Å². The zero-order valence-electron chi connectivity index (χ0n) is 18.1. The number of benzene rings is 1. The minimum Gasteiger partial charge on any atom is -0.340 e. The minimum atomic E-state index is -0.841. The van der Waals surface area contributed by atoms with Gasteiger partial charge in [0.2, 0.25) is 5.91 Å². The Bertz CT molecular complexity index is 973. The van der Waals surface area contributed by atoms with Crippen molar-refractivity contribution in [2.75, 3.05) is 13.6 Å². The average molecular weight is 424 g/mol. The van der Waals surface area contributed by atoms with Crippen LogP contribution in [-0.2, 0) is 22.7 Å². The lowest BCUT2D eigenvalue weighted by Gasteiger charge is -2.36. The highest BCUT2D eigenvalue weighted by molar-refractivity contribution is 6.09. The Hall–Kier alpha value is -3.16. The summed E-state index contributed by atoms with van der Waals surface area (Å²) in [6.45, 7) is 2.77. The van der Waals surface area contributed by atoms with E-state index in [1.807, 2.05) is 48.1 Å². The van der Waals surface area contributed by atoms with Crippen LogP contribution in [0.1, 0.15) is 43.7 Å². The fraction of sp³-hybridized carbons (Fsp3) is 0.478. The molecule has 164 valence electrons. The van der Waals surface area contributed by atoms with Crippen molar-refractivity contribution >= 4 is 17.8 Å². The fourth-order valence-electron chi connectivity index (χ4n) is 4.60. The van der Waals surface area contributed by atoms with Gasteiger partial charge in [0.1, 0.15) is 12.1 Å². The molecule has 31 heavy (non-hydrogen) atoms. The molecule has 2 aliphatic rings. The number of nitrogens with zero attached hydrogens (tertiary/aromatic N) is 4. The molecule has 8 heteroatoms. The maximum Gasteiger partial charge on any atom is 0.325 e. The van der Waals surface area contributed by atoms with Crippen LogP contribution < -0.4 is 5.32 Å². The number of aromatic nitrogens is 2. The normalized spacial score (nSPS) is 23.3. The Morgan fingerprint density at radius 3 is 2.74 bits per heavy atom. The second kappa shape index (κ2) is 8.53. The number of hydrogen-bond acceptors (Lipinski definition) is 4. The number of hydrogen-bond donors (Lipinski definition) is 1. The summed E-state index contributed by atoms with van der Waals surface area (Å²) in [6.07, 6.45) is 7.15. The second-order valence-electron chi connectivity index (χ2n) is 8.72. The molecule has 1 saturated carbocycles. The molecule has 0 bridgehead atoms. The molecule has 1 aromatic carbocycles. The number of rotatable bonds is 6. The zero-order valence-corrected chi connectivity index (χ0v) is 18.1. The van der Waals surface area contributed by atoms with Gasteiger partial charge in [-0.15, -0.1) is 0 Å². The third-order valence-corrected chi connectivity index (χ3v) is 6.51. The van der Waals surface area contributed by atoms with E-state index in [1.165, 1.54) is 4.90 Å². The molecular formula is C23H29N5O3. The topological polar surface area (TPSA) is 87.5 Å². The van der Waals surface area contributed by atoms with E-state index in [2.05, 4.69) is 10.4 Å². The highest BCUT2D eigenvalue weighted by Gasteiger charge is 2.55. The molecule has 2 fully saturated rings. The summed E-state index contributed by atoms with van der Waals surface area (Å²) in [5, 5.41) is 7.26. The Morgan fingerprint density at radius 1 is 1.23 bits per heavy atom. The third kappa shape index (κ3) is 4.19. The van der Waals surface area contributed by atoms with Crippen molar-refractivity contribution in [3.05, 3.63) is 53.9 Å². The molecule has 0 radical (unpaired) electrons. The summed E-state index contributed by atoms with van der Waals surface area (Å²) in [4.78, 5) is 40.9. The predicted octanol–water partition coefficient (Wildman–Crippen LogP) is 2.39. The fourth-order valence-corrected chi connectivity index (χ4v) is 4.60. The Balaban J connectivity index is 1.36. The van der Waals surface area contributed by atoms with Crippen molar-refractivity contribution in [1.82, 2.24) is 24.9 Å². The first kappa shape index (κ1) is 21.1. The van der Waals surface area contributed by atoms with Crippen molar-refractivity contribution in [3.63, 3.8) is 0 Å². The molecule has 1 aliphatic heterocycles. The standard InChI is InChI=1S/C23H29N5O3/c1-17-8-6-7-11-23(17)21(30)28(22(31)25-23)16-20(29)26(2)13-19-12-24-27(15-19)14-18-9-4-3-5-10-18/h3-5,9-10,12,15,17H,6-8,11,13-14,16H2,1-2H3,(H,25,31)/t17-,23+/m0/s1. The number of likely N-dealkylation sites (N-methyl/N-ethyl adjacent to an activating group) is 1. The summed E-state index contributed by atoms with van der Waals surface area (Å²) < 4.78 is 1.83. The minimum absolute atomic E-state index is 0.0750. The second-order valence-corrected chi connectivity index (χ2v) is 8.72. The lowest BCUT2D eigenvalue weighted by atomic mass is 9.73. The SMILES string of the molecule is C[C@H]1CCCC[C@@]12NC(=O)N(CC(=O)N(C)Cc1cnn(Cc3ccccc3)c1)C2=O. The smallest absolute Gasteiger partial charge is 0.325 e. The van der Waals surface area contributed by atoms with Gasteiger partial charge in [-0.25, -0.2) is 4.79 Å². The highest BCUT2D eigenvalue weighted by Crippen LogP contribution is 2.38. The van der Waals surface area contributed by atoms with E-state index in [9.17, 15) is 14.4 Å². The summed E-state index contributed by atoms with van der Waals surface area (Å²) >= 11 is 0. The van der Waals surface area contributed by atoms with Crippen LogP contribution in [0.4, 0.5) is 4.79 Å². The van der Waals surface area contributed by atoms with Gasteiger partial charge in [0.05, 0.1) is 12.7 Å². The zero-order chi connectivity index (χ0) is 22.0. The highest BCUT2D eigenvalue weighted by atomic mass is 16.2. The number of imide groups is 1. The lowest BCUT2D eigenvalue weighted by Crippen LogP contribution is -2.54. The number of amides is 4. The Kier molecular flexibility index (Phi) is 5.80. The van der Waals surface area contributed by atoms with Crippen molar-refractivity contribution in [3.8, 4) is 0 Å². The Morgan fingerprint density at radius 2 is 2.00 bits per heavy atom. The van der Waals surface area contributed by atoms with Crippen LogP contribution >= 0.6 is 0 Å². The maximum atomic E-state index is 13.1. The summed E-state index contributed by atoms with van der Waals surface area (Å²) in [7, 11) is 1.67. The van der Waals surface area contributed by atoms with E-state index in [-0.39, 0.29) is 24.3 Å². The monoisotopic (exact) mass is 423 g/mol. The van der Waals surface area contributed by atoms with Gasteiger partial charge >= 0.3 is 6.03 Å². The first-order chi connectivity index (χ1) is 14.9. The van der Waals surface area contributed by atoms with Crippen molar-refractivity contribution in [2.24, 2.45) is 5.92 Å². The summed E-state index contributed by atoms with van der Waals surface area (Å²) in [5.74, 6) is -0.465. The molecule has 8 nitrogen and oxygen atoms in total. The van der Waals surface area contributed by atoms with Crippen LogP contribution in [0.3, 0.4) is 0 Å². The number of nitrogens with one attached hydrogen (secondary N) is 1. The van der Waals surface area contributed by atoms with Crippen LogP contribution in [-0.4, -0.2) is 56.6 Å². The van der Waals surface area contributed by atoms with Crippen molar-refractivity contribution < 1.29 is 14.4 Å². The molecule has 1 N–H and O–H groups in total. The van der Waals surface area contributed by atoms with Crippen LogP contribution in [0, 0.1) is 5.92 Å². The van der Waals surface area contributed by atoms with E-state index >= 15 is 0 Å². The van der Waals surface area contributed by atoms with E-state index in [1.54, 1.807) is 13.2 Å². The maximum absolute atomic E-state index is 13.1. The molecule has 1 saturated heterocycles. The number of carbonyl (C=O) groups is 3. The number of carbonyl (C=O) groups excluding carboxylic acids is 3. The van der Waals surface area contributed by atoms with Crippen LogP contribution in [0.2, 0.25) is 0 Å². The van der Waals surface area contributed by atoms with Crippen LogP contribution in [0.15, 0.2) is 42.7 Å². The number of urea groups is 1. The van der Waals surface area contributed by atoms with Gasteiger partial charge in [-0.3, -0.25) is 19.2 Å². The average Bonchev–Trinajstić information content (AvgIpc) is 3.28. The Labute approximate surface area is 182 Å². The largest absolute Gasteiger partial charge is 0.340 e. The molecule has 1 spiro atoms. The molecule has 2 atom stereocenters. The summed E-state index contributed by atoms with van der Waals surface area (Å²) in [6, 6.07) is 9.56. The first-order valence-electron chi connectivity index (χ1n) is 10.8. The molecule has 1 aliphatic carbocycles. The third-order valence-electron chi connectivity index (χ3n) is 6.51. The van der Waals surface area contributed by atoms with Gasteiger partial charge in [0.15, 0.2) is 0 Å². The van der Waals surface area contributed by atoms with Crippen molar-refractivity contribution in [1.29, 1.82) is 0 Å². The van der Waals surface area contributed by atoms with E-state index in [0.717, 1.165) is 35.3 Å². The summed E-state index contributed by atoms with van der Waals surface area (Å²) in [5.41, 5.74) is 1.19. The van der Waals surface area contributed by atoms with Gasteiger partial charge in [-0.1, -0.05) is 50.1 Å².